The molecule has 11 heavy (non-hydrogen) atoms. The minimum absolute atomic E-state index is 0.0464. The fraction of sp³-hybridized carbons (Fsp3) is 0.875. The molecule has 0 radical (unpaired) electrons. The summed E-state index contributed by atoms with van der Waals surface area (Å²) >= 11 is 0. The lowest BCUT2D eigenvalue weighted by Gasteiger charge is -2.08. The molecule has 0 rings (SSSR count). The summed E-state index contributed by atoms with van der Waals surface area (Å²) in [4.78, 5) is 0. The average molecular weight is 156 g/mol. The van der Waals surface area contributed by atoms with Gasteiger partial charge in [-0.05, 0) is 19.4 Å². The molecule has 0 aromatic rings. The van der Waals surface area contributed by atoms with Crippen molar-refractivity contribution < 1.29 is 4.74 Å². The van der Waals surface area contributed by atoms with Crippen LogP contribution in [-0.4, -0.2) is 26.3 Å². The van der Waals surface area contributed by atoms with Gasteiger partial charge in [-0.25, -0.2) is 0 Å². The standard InChI is InChI=1S/C8H16N2O/c1-3-5-10-8(7-9)4-6-11-2/h8,10H,3-6H2,1-2H3. The van der Waals surface area contributed by atoms with Crippen LogP contribution in [0.25, 0.3) is 0 Å². The Kier molecular flexibility index (Phi) is 7.11. The second kappa shape index (κ2) is 7.52. The number of hydrogen-bond acceptors (Lipinski definition) is 3. The molecule has 0 saturated carbocycles. The van der Waals surface area contributed by atoms with Crippen molar-refractivity contribution in [2.24, 2.45) is 0 Å². The SMILES string of the molecule is CCCNC(C#N)CCOC. The number of nitrogens with zero attached hydrogens (tertiary/aromatic N) is 1. The molecule has 64 valence electrons. The van der Waals surface area contributed by atoms with E-state index in [0.29, 0.717) is 6.61 Å². The molecule has 3 nitrogen and oxygen atoms in total. The topological polar surface area (TPSA) is 45.0 Å². The van der Waals surface area contributed by atoms with Crippen molar-refractivity contribution in [3.05, 3.63) is 0 Å². The molecular formula is C8H16N2O. The minimum Gasteiger partial charge on any atom is -0.385 e. The first kappa shape index (κ1) is 10.4. The molecule has 0 saturated heterocycles. The lowest BCUT2D eigenvalue weighted by Crippen LogP contribution is -2.29. The maximum Gasteiger partial charge on any atom is 0.0975 e. The largest absolute Gasteiger partial charge is 0.385 e. The van der Waals surface area contributed by atoms with Gasteiger partial charge in [0.25, 0.3) is 0 Å². The van der Waals surface area contributed by atoms with E-state index in [4.69, 9.17) is 10.00 Å². The van der Waals surface area contributed by atoms with Gasteiger partial charge in [0.2, 0.25) is 0 Å². The quantitative estimate of drug-likeness (QED) is 0.622. The number of methoxy groups -OCH3 is 1. The van der Waals surface area contributed by atoms with Crippen LogP contribution in [0.15, 0.2) is 0 Å². The Balaban J connectivity index is 3.35. The van der Waals surface area contributed by atoms with Crippen molar-refractivity contribution in [1.82, 2.24) is 5.32 Å². The summed E-state index contributed by atoms with van der Waals surface area (Å²) in [7, 11) is 1.65. The molecular weight excluding hydrogens is 140 g/mol. The van der Waals surface area contributed by atoms with Gasteiger partial charge in [0.1, 0.15) is 0 Å². The first-order valence-corrected chi connectivity index (χ1v) is 3.97. The van der Waals surface area contributed by atoms with Crippen LogP contribution in [0.2, 0.25) is 0 Å². The Labute approximate surface area is 68.3 Å². The van der Waals surface area contributed by atoms with Crippen molar-refractivity contribution in [3.63, 3.8) is 0 Å². The van der Waals surface area contributed by atoms with Crippen LogP contribution in [0.5, 0.6) is 0 Å². The minimum atomic E-state index is -0.0464. The van der Waals surface area contributed by atoms with Gasteiger partial charge < -0.3 is 10.1 Å². The Morgan fingerprint density at radius 3 is 2.82 bits per heavy atom. The van der Waals surface area contributed by atoms with Crippen LogP contribution in [0.1, 0.15) is 19.8 Å². The molecule has 0 aliphatic heterocycles. The Morgan fingerprint density at radius 2 is 2.36 bits per heavy atom. The van der Waals surface area contributed by atoms with Gasteiger partial charge in [-0.15, -0.1) is 0 Å². The third kappa shape index (κ3) is 5.84. The number of hydrogen-bond donors (Lipinski definition) is 1. The molecule has 1 atom stereocenters. The van der Waals surface area contributed by atoms with Gasteiger partial charge in [0.05, 0.1) is 12.1 Å². The zero-order valence-electron chi connectivity index (χ0n) is 7.26. The van der Waals surface area contributed by atoms with E-state index in [1.165, 1.54) is 0 Å². The summed E-state index contributed by atoms with van der Waals surface area (Å²) in [5.74, 6) is 0. The summed E-state index contributed by atoms with van der Waals surface area (Å²) in [6.07, 6.45) is 1.83. The highest BCUT2D eigenvalue weighted by molar-refractivity contribution is 4.88. The van der Waals surface area contributed by atoms with Crippen LogP contribution in [-0.2, 0) is 4.74 Å². The van der Waals surface area contributed by atoms with E-state index in [1.54, 1.807) is 7.11 Å². The number of ether oxygens (including phenoxy) is 1. The normalized spacial score (nSPS) is 12.5. The van der Waals surface area contributed by atoms with Crippen LogP contribution in [0.4, 0.5) is 0 Å². The van der Waals surface area contributed by atoms with E-state index in [9.17, 15) is 0 Å². The predicted octanol–water partition coefficient (Wildman–Crippen LogP) is 0.915. The third-order valence-corrected chi connectivity index (χ3v) is 1.41. The van der Waals surface area contributed by atoms with Gasteiger partial charge in [0.15, 0.2) is 0 Å². The molecule has 0 bridgehead atoms. The van der Waals surface area contributed by atoms with Crippen molar-refractivity contribution in [2.75, 3.05) is 20.3 Å². The average Bonchev–Trinajstić information content (AvgIpc) is 2.05. The lowest BCUT2D eigenvalue weighted by atomic mass is 10.2. The molecule has 0 heterocycles. The van der Waals surface area contributed by atoms with E-state index in [0.717, 1.165) is 19.4 Å². The van der Waals surface area contributed by atoms with Crippen LogP contribution in [0, 0.1) is 11.3 Å². The van der Waals surface area contributed by atoms with E-state index in [1.807, 2.05) is 0 Å². The second-order valence-electron chi connectivity index (χ2n) is 2.42. The zero-order valence-corrected chi connectivity index (χ0v) is 7.26. The first-order valence-electron chi connectivity index (χ1n) is 3.97. The molecule has 0 aromatic carbocycles. The fourth-order valence-corrected chi connectivity index (χ4v) is 0.767. The number of nitriles is 1. The van der Waals surface area contributed by atoms with Crippen LogP contribution >= 0.6 is 0 Å². The monoisotopic (exact) mass is 156 g/mol. The van der Waals surface area contributed by atoms with E-state index < -0.39 is 0 Å². The smallest absolute Gasteiger partial charge is 0.0975 e. The molecule has 0 amide bonds. The van der Waals surface area contributed by atoms with Gasteiger partial charge >= 0.3 is 0 Å². The molecule has 0 aliphatic carbocycles. The highest BCUT2D eigenvalue weighted by Gasteiger charge is 2.03. The molecule has 1 N–H and O–H groups in total. The molecule has 0 spiro atoms. The molecule has 3 heteroatoms. The van der Waals surface area contributed by atoms with Crippen molar-refractivity contribution >= 4 is 0 Å². The summed E-state index contributed by atoms with van der Waals surface area (Å²) in [6, 6.07) is 2.13. The Morgan fingerprint density at radius 1 is 1.64 bits per heavy atom. The molecule has 0 fully saturated rings. The fourth-order valence-electron chi connectivity index (χ4n) is 0.767. The highest BCUT2D eigenvalue weighted by Crippen LogP contribution is 1.90. The van der Waals surface area contributed by atoms with Crippen molar-refractivity contribution in [3.8, 4) is 6.07 Å². The molecule has 0 aromatic heterocycles. The van der Waals surface area contributed by atoms with Gasteiger partial charge in [0, 0.05) is 13.7 Å². The van der Waals surface area contributed by atoms with E-state index in [-0.39, 0.29) is 6.04 Å². The van der Waals surface area contributed by atoms with E-state index in [2.05, 4.69) is 18.3 Å². The lowest BCUT2D eigenvalue weighted by molar-refractivity contribution is 0.188. The number of rotatable bonds is 6. The molecule has 0 aliphatic rings. The van der Waals surface area contributed by atoms with Crippen molar-refractivity contribution in [1.29, 1.82) is 5.26 Å². The van der Waals surface area contributed by atoms with Crippen molar-refractivity contribution in [2.45, 2.75) is 25.8 Å². The second-order valence-corrected chi connectivity index (χ2v) is 2.42. The maximum atomic E-state index is 8.61. The Hall–Kier alpha value is -0.590. The molecule has 1 unspecified atom stereocenters. The summed E-state index contributed by atoms with van der Waals surface area (Å²) < 4.78 is 4.86. The van der Waals surface area contributed by atoms with Gasteiger partial charge in [-0.1, -0.05) is 6.92 Å². The van der Waals surface area contributed by atoms with Crippen LogP contribution in [0.3, 0.4) is 0 Å². The van der Waals surface area contributed by atoms with E-state index >= 15 is 0 Å². The van der Waals surface area contributed by atoms with Gasteiger partial charge in [-0.3, -0.25) is 0 Å². The Bertz CT molecular complexity index is 112. The summed E-state index contributed by atoms with van der Waals surface area (Å²) in [5, 5.41) is 11.7. The summed E-state index contributed by atoms with van der Waals surface area (Å²) in [6.45, 7) is 3.63. The third-order valence-electron chi connectivity index (χ3n) is 1.41. The zero-order chi connectivity index (χ0) is 8.53. The van der Waals surface area contributed by atoms with Crippen LogP contribution < -0.4 is 5.32 Å². The summed E-state index contributed by atoms with van der Waals surface area (Å²) in [5.41, 5.74) is 0. The maximum absolute atomic E-state index is 8.61. The highest BCUT2D eigenvalue weighted by atomic mass is 16.5. The predicted molar refractivity (Wildman–Crippen MR) is 44.2 cm³/mol. The first-order chi connectivity index (χ1) is 5.35. The van der Waals surface area contributed by atoms with Gasteiger partial charge in [-0.2, -0.15) is 5.26 Å². The number of nitrogens with one attached hydrogen (secondary N) is 1.